The van der Waals surface area contributed by atoms with E-state index in [1.807, 2.05) is 36.5 Å². The molecule has 1 aromatic heterocycles. The third-order valence-electron chi connectivity index (χ3n) is 6.10. The summed E-state index contributed by atoms with van der Waals surface area (Å²) in [4.78, 5) is 17.0. The number of para-hydroxylation sites is 1. The van der Waals surface area contributed by atoms with Crippen LogP contribution in [0, 0.1) is 5.82 Å². The number of nitrogens with zero attached hydrogens (tertiary/aromatic N) is 3. The van der Waals surface area contributed by atoms with Gasteiger partial charge in [0.1, 0.15) is 5.82 Å². The van der Waals surface area contributed by atoms with Gasteiger partial charge in [-0.1, -0.05) is 35.9 Å². The summed E-state index contributed by atoms with van der Waals surface area (Å²) in [5.41, 5.74) is 2.85. The number of benzene rings is 2. The lowest BCUT2D eigenvalue weighted by atomic mass is 10.1. The fourth-order valence-corrected chi connectivity index (χ4v) is 4.77. The van der Waals surface area contributed by atoms with Gasteiger partial charge >= 0.3 is 0 Å². The van der Waals surface area contributed by atoms with E-state index in [1.54, 1.807) is 6.92 Å². The van der Waals surface area contributed by atoms with Gasteiger partial charge in [0, 0.05) is 43.3 Å². The van der Waals surface area contributed by atoms with Gasteiger partial charge in [-0.3, -0.25) is 9.69 Å². The highest BCUT2D eigenvalue weighted by atomic mass is 35.5. The first-order valence-corrected chi connectivity index (χ1v) is 11.4. The van der Waals surface area contributed by atoms with E-state index < -0.39 is 0 Å². The summed E-state index contributed by atoms with van der Waals surface area (Å²) in [6.07, 6.45) is 4.09. The zero-order valence-corrected chi connectivity index (χ0v) is 18.7. The van der Waals surface area contributed by atoms with Crippen LogP contribution in [0.3, 0.4) is 0 Å². The van der Waals surface area contributed by atoms with Crippen molar-refractivity contribution in [3.8, 4) is 0 Å². The lowest BCUT2D eigenvalue weighted by molar-refractivity contribution is 0.101. The highest BCUT2D eigenvalue weighted by molar-refractivity contribution is 6.35. The second-order valence-electron chi connectivity index (χ2n) is 8.38. The minimum Gasteiger partial charge on any atom is -0.345 e. The number of aromatic nitrogens is 1. The molecule has 6 heteroatoms. The van der Waals surface area contributed by atoms with Crippen LogP contribution in [0.15, 0.2) is 48.7 Å². The van der Waals surface area contributed by atoms with E-state index in [2.05, 4.69) is 14.4 Å². The van der Waals surface area contributed by atoms with Gasteiger partial charge in [-0.2, -0.15) is 0 Å². The highest BCUT2D eigenvalue weighted by Crippen LogP contribution is 2.28. The Morgan fingerprint density at radius 2 is 1.74 bits per heavy atom. The smallest absolute Gasteiger partial charge is 0.161 e. The zero-order chi connectivity index (χ0) is 21.8. The van der Waals surface area contributed by atoms with Crippen molar-refractivity contribution >= 4 is 28.3 Å². The number of carbonyl (C=O) groups excluding carboxylic acids is 1. The third kappa shape index (κ3) is 5.35. The van der Waals surface area contributed by atoms with Crippen LogP contribution in [0.2, 0.25) is 5.02 Å². The second kappa shape index (κ2) is 9.94. The highest BCUT2D eigenvalue weighted by Gasteiger charge is 2.17. The van der Waals surface area contributed by atoms with Crippen LogP contribution in [-0.2, 0) is 13.1 Å². The van der Waals surface area contributed by atoms with E-state index in [0.29, 0.717) is 5.02 Å². The van der Waals surface area contributed by atoms with Crippen molar-refractivity contribution in [3.05, 3.63) is 70.6 Å². The van der Waals surface area contributed by atoms with Gasteiger partial charge in [0.05, 0.1) is 10.5 Å². The first-order valence-electron chi connectivity index (χ1n) is 11.0. The number of aryl methyl sites for hydroxylation is 1. The van der Waals surface area contributed by atoms with Crippen LogP contribution >= 0.6 is 11.6 Å². The van der Waals surface area contributed by atoms with Crippen LogP contribution in [0.5, 0.6) is 0 Å². The Hall–Kier alpha value is -2.21. The Bertz CT molecular complexity index is 1050. The van der Waals surface area contributed by atoms with Crippen molar-refractivity contribution in [2.45, 2.75) is 32.9 Å². The summed E-state index contributed by atoms with van der Waals surface area (Å²) >= 11 is 6.45. The lowest BCUT2D eigenvalue weighted by Gasteiger charge is -2.22. The Balaban J connectivity index is 1.32. The maximum atomic E-state index is 13.1. The SMILES string of the molecule is CC(=O)c1cn(CCCN2CCCN(Cc3ccc(F)cc3)CC2)c2c(Cl)cccc12. The Kier molecular flexibility index (Phi) is 7.06. The molecule has 1 aliphatic rings. The van der Waals surface area contributed by atoms with Gasteiger partial charge in [-0.15, -0.1) is 0 Å². The molecule has 0 bridgehead atoms. The molecule has 0 N–H and O–H groups in total. The van der Waals surface area contributed by atoms with Crippen molar-refractivity contribution < 1.29 is 9.18 Å². The predicted molar refractivity (Wildman–Crippen MR) is 124 cm³/mol. The average Bonchev–Trinajstić information content (AvgIpc) is 2.99. The van der Waals surface area contributed by atoms with Crippen LogP contribution in [0.25, 0.3) is 10.9 Å². The molecule has 0 spiro atoms. The molecule has 164 valence electrons. The molecule has 1 saturated heterocycles. The van der Waals surface area contributed by atoms with Gasteiger partial charge in [-0.05, 0) is 63.2 Å². The molecule has 31 heavy (non-hydrogen) atoms. The Morgan fingerprint density at radius 1 is 1.00 bits per heavy atom. The number of halogens is 2. The molecule has 4 rings (SSSR count). The van der Waals surface area contributed by atoms with E-state index in [4.69, 9.17) is 11.6 Å². The van der Waals surface area contributed by atoms with Gasteiger partial charge < -0.3 is 9.47 Å². The predicted octanol–water partition coefficient (Wildman–Crippen LogP) is 5.23. The molecule has 0 unspecified atom stereocenters. The standard InChI is InChI=1S/C25H29ClFN3O/c1-19(31)23-18-30(25-22(23)5-2-6-24(25)26)14-4-12-28-11-3-13-29(16-15-28)17-20-7-9-21(27)10-8-20/h2,5-10,18H,3-4,11-17H2,1H3. The van der Waals surface area contributed by atoms with Crippen LogP contribution in [0.4, 0.5) is 4.39 Å². The number of Topliss-reactive ketones (excluding diaryl/α,β-unsaturated/α-hetero) is 1. The van der Waals surface area contributed by atoms with E-state index >= 15 is 0 Å². The van der Waals surface area contributed by atoms with Gasteiger partial charge in [0.25, 0.3) is 0 Å². The molecular weight excluding hydrogens is 413 g/mol. The first kappa shape index (κ1) is 22.0. The minimum atomic E-state index is -0.182. The van der Waals surface area contributed by atoms with Crippen molar-refractivity contribution in [2.75, 3.05) is 32.7 Å². The van der Waals surface area contributed by atoms with Crippen LogP contribution < -0.4 is 0 Å². The van der Waals surface area contributed by atoms with Gasteiger partial charge in [0.15, 0.2) is 5.78 Å². The fraction of sp³-hybridized carbons (Fsp3) is 0.400. The van der Waals surface area contributed by atoms with Crippen molar-refractivity contribution in [1.82, 2.24) is 14.4 Å². The fourth-order valence-electron chi connectivity index (χ4n) is 4.49. The second-order valence-corrected chi connectivity index (χ2v) is 8.79. The normalized spacial score (nSPS) is 16.0. The average molecular weight is 442 g/mol. The summed E-state index contributed by atoms with van der Waals surface area (Å²) in [5.74, 6) is -0.113. The zero-order valence-electron chi connectivity index (χ0n) is 18.0. The molecule has 0 atom stereocenters. The summed E-state index contributed by atoms with van der Waals surface area (Å²) < 4.78 is 15.3. The molecule has 4 nitrogen and oxygen atoms in total. The van der Waals surface area contributed by atoms with Crippen molar-refractivity contribution in [1.29, 1.82) is 0 Å². The monoisotopic (exact) mass is 441 g/mol. The first-order chi connectivity index (χ1) is 15.0. The number of carbonyl (C=O) groups is 1. The van der Waals surface area contributed by atoms with Crippen LogP contribution in [-0.4, -0.2) is 52.9 Å². The van der Waals surface area contributed by atoms with E-state index in [0.717, 1.165) is 80.7 Å². The van der Waals surface area contributed by atoms with E-state index in [1.165, 1.54) is 12.1 Å². The van der Waals surface area contributed by atoms with E-state index in [9.17, 15) is 9.18 Å². The summed E-state index contributed by atoms with van der Waals surface area (Å²) in [6, 6.07) is 12.6. The minimum absolute atomic E-state index is 0.0692. The Morgan fingerprint density at radius 3 is 2.52 bits per heavy atom. The van der Waals surface area contributed by atoms with Crippen molar-refractivity contribution in [2.24, 2.45) is 0 Å². The molecule has 0 amide bonds. The number of rotatable bonds is 7. The maximum absolute atomic E-state index is 13.1. The number of ketones is 1. The molecule has 0 aliphatic carbocycles. The molecular formula is C25H29ClFN3O. The number of fused-ring (bicyclic) bond motifs is 1. The molecule has 1 aliphatic heterocycles. The quantitative estimate of drug-likeness (QED) is 0.470. The van der Waals surface area contributed by atoms with Gasteiger partial charge in [-0.25, -0.2) is 4.39 Å². The summed E-state index contributed by atoms with van der Waals surface area (Å²) in [6.45, 7) is 8.54. The molecule has 2 heterocycles. The van der Waals surface area contributed by atoms with Crippen molar-refractivity contribution in [3.63, 3.8) is 0 Å². The summed E-state index contributed by atoms with van der Waals surface area (Å²) in [5, 5.41) is 1.63. The third-order valence-corrected chi connectivity index (χ3v) is 6.41. The number of hydrogen-bond acceptors (Lipinski definition) is 3. The van der Waals surface area contributed by atoms with E-state index in [-0.39, 0.29) is 11.6 Å². The molecule has 2 aromatic carbocycles. The number of hydrogen-bond donors (Lipinski definition) is 0. The Labute approximate surface area is 188 Å². The summed E-state index contributed by atoms with van der Waals surface area (Å²) in [7, 11) is 0. The van der Waals surface area contributed by atoms with Gasteiger partial charge in [0.2, 0.25) is 0 Å². The molecule has 0 saturated carbocycles. The van der Waals surface area contributed by atoms with Crippen LogP contribution in [0.1, 0.15) is 35.7 Å². The maximum Gasteiger partial charge on any atom is 0.161 e. The largest absolute Gasteiger partial charge is 0.345 e. The topological polar surface area (TPSA) is 28.5 Å². The molecule has 0 radical (unpaired) electrons. The lowest BCUT2D eigenvalue weighted by Crippen LogP contribution is -2.31. The molecule has 3 aromatic rings. The molecule has 1 fully saturated rings.